The third kappa shape index (κ3) is 1.19. The van der Waals surface area contributed by atoms with Crippen molar-refractivity contribution in [1.82, 2.24) is 14.8 Å². The normalized spacial score (nSPS) is 10.7. The summed E-state index contributed by atoms with van der Waals surface area (Å²) in [6.45, 7) is 2.00. The van der Waals surface area contributed by atoms with E-state index in [1.807, 2.05) is 6.92 Å². The molecule has 2 heterocycles. The molecule has 0 fully saturated rings. The summed E-state index contributed by atoms with van der Waals surface area (Å²) in [5.74, 6) is 0. The molecule has 0 atom stereocenters. The summed E-state index contributed by atoms with van der Waals surface area (Å²) in [4.78, 5) is 15.8. The second kappa shape index (κ2) is 3.21. The van der Waals surface area contributed by atoms with Crippen LogP contribution in [-0.2, 0) is 13.5 Å². The SMILES string of the molecule is CCc1nn(C)c(=O)c2cccnc12. The summed E-state index contributed by atoms with van der Waals surface area (Å²) >= 11 is 0. The molecule has 0 aliphatic heterocycles. The van der Waals surface area contributed by atoms with Crippen molar-refractivity contribution in [3.63, 3.8) is 0 Å². The van der Waals surface area contributed by atoms with E-state index in [-0.39, 0.29) is 5.56 Å². The van der Waals surface area contributed by atoms with Crippen LogP contribution in [0.1, 0.15) is 12.6 Å². The molecule has 2 aromatic rings. The Bertz CT molecular complexity index is 530. The molecule has 0 N–H and O–H groups in total. The number of fused-ring (bicyclic) bond motifs is 1. The van der Waals surface area contributed by atoms with E-state index >= 15 is 0 Å². The lowest BCUT2D eigenvalue weighted by molar-refractivity contribution is 0.692. The summed E-state index contributed by atoms with van der Waals surface area (Å²) in [7, 11) is 1.66. The van der Waals surface area contributed by atoms with Crippen molar-refractivity contribution >= 4 is 10.9 Å². The maximum Gasteiger partial charge on any atom is 0.275 e. The van der Waals surface area contributed by atoms with Crippen molar-refractivity contribution in [1.29, 1.82) is 0 Å². The first-order valence-corrected chi connectivity index (χ1v) is 4.55. The lowest BCUT2D eigenvalue weighted by Crippen LogP contribution is -2.21. The maximum absolute atomic E-state index is 11.7. The number of nitrogens with zero attached hydrogens (tertiary/aromatic N) is 3. The molecule has 0 spiro atoms. The fourth-order valence-corrected chi connectivity index (χ4v) is 1.49. The molecule has 0 aromatic carbocycles. The first kappa shape index (κ1) is 8.87. The lowest BCUT2D eigenvalue weighted by atomic mass is 10.2. The molecule has 0 unspecified atom stereocenters. The minimum atomic E-state index is -0.0923. The molecule has 72 valence electrons. The van der Waals surface area contributed by atoms with E-state index in [1.54, 1.807) is 25.4 Å². The number of hydrogen-bond acceptors (Lipinski definition) is 3. The summed E-state index contributed by atoms with van der Waals surface area (Å²) in [5.41, 5.74) is 1.49. The van der Waals surface area contributed by atoms with Gasteiger partial charge in [-0.15, -0.1) is 0 Å². The molecule has 0 saturated heterocycles. The van der Waals surface area contributed by atoms with Gasteiger partial charge in [-0.2, -0.15) is 5.10 Å². The Morgan fingerprint density at radius 1 is 1.50 bits per heavy atom. The summed E-state index contributed by atoms with van der Waals surface area (Å²) in [6.07, 6.45) is 2.46. The Hall–Kier alpha value is -1.71. The van der Waals surface area contributed by atoms with E-state index in [1.165, 1.54) is 4.68 Å². The van der Waals surface area contributed by atoms with Crippen LogP contribution in [0.3, 0.4) is 0 Å². The minimum absolute atomic E-state index is 0.0923. The first-order chi connectivity index (χ1) is 6.74. The number of rotatable bonds is 1. The molecule has 4 nitrogen and oxygen atoms in total. The summed E-state index contributed by atoms with van der Waals surface area (Å²) < 4.78 is 1.36. The second-order valence-electron chi connectivity index (χ2n) is 3.13. The predicted molar refractivity (Wildman–Crippen MR) is 54.2 cm³/mol. The van der Waals surface area contributed by atoms with Crippen LogP contribution in [0, 0.1) is 0 Å². The molecule has 0 radical (unpaired) electrons. The van der Waals surface area contributed by atoms with Gasteiger partial charge in [0.2, 0.25) is 0 Å². The van der Waals surface area contributed by atoms with Crippen LogP contribution < -0.4 is 5.56 Å². The standard InChI is InChI=1S/C10H11N3O/c1-3-8-9-7(5-4-6-11-9)10(14)13(2)12-8/h4-6H,3H2,1-2H3. The van der Waals surface area contributed by atoms with Gasteiger partial charge in [-0.1, -0.05) is 6.92 Å². The highest BCUT2D eigenvalue weighted by Gasteiger charge is 2.06. The molecular weight excluding hydrogens is 178 g/mol. The van der Waals surface area contributed by atoms with Crippen molar-refractivity contribution < 1.29 is 0 Å². The van der Waals surface area contributed by atoms with Gasteiger partial charge in [0.25, 0.3) is 5.56 Å². The topological polar surface area (TPSA) is 47.8 Å². The number of aryl methyl sites for hydroxylation is 2. The molecule has 2 aromatic heterocycles. The Morgan fingerprint density at radius 2 is 2.29 bits per heavy atom. The largest absolute Gasteiger partial charge is 0.275 e. The number of hydrogen-bond donors (Lipinski definition) is 0. The smallest absolute Gasteiger partial charge is 0.267 e. The molecule has 0 bridgehead atoms. The van der Waals surface area contributed by atoms with E-state index in [4.69, 9.17) is 0 Å². The second-order valence-corrected chi connectivity index (χ2v) is 3.13. The first-order valence-electron chi connectivity index (χ1n) is 4.55. The Balaban J connectivity index is 2.97. The van der Waals surface area contributed by atoms with Crippen LogP contribution >= 0.6 is 0 Å². The van der Waals surface area contributed by atoms with Gasteiger partial charge in [-0.3, -0.25) is 9.78 Å². The summed E-state index contributed by atoms with van der Waals surface area (Å²) in [6, 6.07) is 3.55. The van der Waals surface area contributed by atoms with E-state index in [0.717, 1.165) is 17.6 Å². The van der Waals surface area contributed by atoms with E-state index in [0.29, 0.717) is 5.39 Å². The Kier molecular flexibility index (Phi) is 2.04. The van der Waals surface area contributed by atoms with Crippen LogP contribution in [-0.4, -0.2) is 14.8 Å². The van der Waals surface area contributed by atoms with E-state index in [9.17, 15) is 4.79 Å². The fourth-order valence-electron chi connectivity index (χ4n) is 1.49. The van der Waals surface area contributed by atoms with Gasteiger partial charge >= 0.3 is 0 Å². The van der Waals surface area contributed by atoms with Crippen molar-refractivity contribution in [3.8, 4) is 0 Å². The van der Waals surface area contributed by atoms with Gasteiger partial charge in [0, 0.05) is 13.2 Å². The molecule has 2 rings (SSSR count). The van der Waals surface area contributed by atoms with Crippen LogP contribution in [0.25, 0.3) is 10.9 Å². The van der Waals surface area contributed by atoms with Gasteiger partial charge in [0.1, 0.15) is 0 Å². The van der Waals surface area contributed by atoms with Gasteiger partial charge in [-0.25, -0.2) is 4.68 Å². The molecule has 0 aliphatic carbocycles. The van der Waals surface area contributed by atoms with Crippen LogP contribution in [0.15, 0.2) is 23.1 Å². The van der Waals surface area contributed by atoms with Gasteiger partial charge in [-0.05, 0) is 18.6 Å². The molecule has 0 saturated carbocycles. The lowest BCUT2D eigenvalue weighted by Gasteiger charge is -2.04. The average molecular weight is 189 g/mol. The van der Waals surface area contributed by atoms with Crippen LogP contribution in [0.5, 0.6) is 0 Å². The van der Waals surface area contributed by atoms with E-state index < -0.39 is 0 Å². The third-order valence-corrected chi connectivity index (χ3v) is 2.21. The zero-order valence-corrected chi connectivity index (χ0v) is 8.19. The minimum Gasteiger partial charge on any atom is -0.267 e. The Labute approximate surface area is 81.2 Å². The van der Waals surface area contributed by atoms with Crippen molar-refractivity contribution in [2.75, 3.05) is 0 Å². The zero-order valence-electron chi connectivity index (χ0n) is 8.19. The average Bonchev–Trinajstić information content (AvgIpc) is 2.23. The Morgan fingerprint density at radius 3 is 3.00 bits per heavy atom. The van der Waals surface area contributed by atoms with Crippen LogP contribution in [0.4, 0.5) is 0 Å². The zero-order chi connectivity index (χ0) is 10.1. The predicted octanol–water partition coefficient (Wildman–Crippen LogP) is 0.891. The van der Waals surface area contributed by atoms with E-state index in [2.05, 4.69) is 10.1 Å². The summed E-state index contributed by atoms with van der Waals surface area (Å²) in [5, 5.41) is 4.80. The van der Waals surface area contributed by atoms with Crippen molar-refractivity contribution in [2.45, 2.75) is 13.3 Å². The molecule has 14 heavy (non-hydrogen) atoms. The maximum atomic E-state index is 11.7. The van der Waals surface area contributed by atoms with Gasteiger partial charge < -0.3 is 0 Å². The van der Waals surface area contributed by atoms with Gasteiger partial charge in [0.05, 0.1) is 16.6 Å². The van der Waals surface area contributed by atoms with Crippen molar-refractivity contribution in [2.24, 2.45) is 7.05 Å². The fraction of sp³-hybridized carbons (Fsp3) is 0.300. The molecule has 0 aliphatic rings. The van der Waals surface area contributed by atoms with Gasteiger partial charge in [0.15, 0.2) is 0 Å². The quantitative estimate of drug-likeness (QED) is 0.669. The van der Waals surface area contributed by atoms with Crippen LogP contribution in [0.2, 0.25) is 0 Å². The monoisotopic (exact) mass is 189 g/mol. The molecule has 4 heteroatoms. The highest BCUT2D eigenvalue weighted by Crippen LogP contribution is 2.09. The van der Waals surface area contributed by atoms with Crippen molar-refractivity contribution in [3.05, 3.63) is 34.4 Å². The molecule has 0 amide bonds. The third-order valence-electron chi connectivity index (χ3n) is 2.21. The number of pyridine rings is 1. The highest BCUT2D eigenvalue weighted by atomic mass is 16.1. The molecular formula is C10H11N3O. The highest BCUT2D eigenvalue weighted by molar-refractivity contribution is 5.79. The number of aromatic nitrogens is 3.